The average molecular weight is 381 g/mol. The van der Waals surface area contributed by atoms with Gasteiger partial charge >= 0.3 is 0 Å². The van der Waals surface area contributed by atoms with Crippen LogP contribution in [0.3, 0.4) is 0 Å². The number of unbranched alkanes of at least 4 members (excludes halogenated alkanes) is 1. The van der Waals surface area contributed by atoms with E-state index in [0.717, 1.165) is 19.3 Å². The van der Waals surface area contributed by atoms with E-state index in [1.165, 1.54) is 17.6 Å². The van der Waals surface area contributed by atoms with Gasteiger partial charge in [0.05, 0.1) is 5.54 Å². The maximum atomic E-state index is 12.4. The minimum absolute atomic E-state index is 0.108. The van der Waals surface area contributed by atoms with Gasteiger partial charge in [-0.2, -0.15) is 0 Å². The van der Waals surface area contributed by atoms with Crippen molar-refractivity contribution in [1.29, 1.82) is 0 Å². The first kappa shape index (κ1) is 21.5. The van der Waals surface area contributed by atoms with Crippen molar-refractivity contribution in [2.45, 2.75) is 83.9 Å². The summed E-state index contributed by atoms with van der Waals surface area (Å²) in [6, 6.07) is 0. The van der Waals surface area contributed by atoms with Crippen LogP contribution in [-0.2, 0) is 16.2 Å². The standard InChI is InChI=1S/C21H36N2O2S/c1-15-13-16(2)18-14-21(6,11-10-17(15)18)23-19(24)9-7-8-12-22-26(25)20(3,4)5/h10,14-16,22H,7-9,11-13H2,1-6H3,(H,23,24)/t15?,16?,21-,26?/m0/s1. The summed E-state index contributed by atoms with van der Waals surface area (Å²) in [7, 11) is 0. The Labute approximate surface area is 162 Å². The minimum atomic E-state index is -1.04. The molecular formula is C21H36N2O2S. The number of carbonyl (C=O) groups is 1. The Hall–Kier alpha value is -0.780. The van der Waals surface area contributed by atoms with Gasteiger partial charge in [0.1, 0.15) is 4.75 Å². The summed E-state index contributed by atoms with van der Waals surface area (Å²) in [6.07, 6.45) is 8.89. The van der Waals surface area contributed by atoms with Crippen LogP contribution in [0.25, 0.3) is 0 Å². The van der Waals surface area contributed by atoms with E-state index in [1.807, 2.05) is 20.8 Å². The number of hydrogen-bond acceptors (Lipinski definition) is 3. The number of carbonyl (C=O) groups excluding carboxylic acids is 1. The first-order chi connectivity index (χ1) is 12.0. The molecule has 148 valence electrons. The second-order valence-corrected chi connectivity index (χ2v) is 11.3. The quantitative estimate of drug-likeness (QED) is 0.518. The number of fused-ring (bicyclic) bond motifs is 1. The molecule has 4 atom stereocenters. The molecule has 1 amide bonds. The Morgan fingerprint density at radius 1 is 1.27 bits per heavy atom. The van der Waals surface area contributed by atoms with Gasteiger partial charge in [-0.1, -0.05) is 26.0 Å². The Bertz CT molecular complexity index is 579. The van der Waals surface area contributed by atoms with Crippen LogP contribution in [0.4, 0.5) is 0 Å². The van der Waals surface area contributed by atoms with E-state index in [0.29, 0.717) is 24.8 Å². The first-order valence-electron chi connectivity index (χ1n) is 9.91. The molecule has 2 N–H and O–H groups in total. The molecule has 0 bridgehead atoms. The highest BCUT2D eigenvalue weighted by atomic mass is 32.2. The van der Waals surface area contributed by atoms with Crippen LogP contribution in [0.2, 0.25) is 0 Å². The summed E-state index contributed by atoms with van der Waals surface area (Å²) in [6.45, 7) is 13.2. The van der Waals surface area contributed by atoms with E-state index in [2.05, 4.69) is 43.0 Å². The molecule has 2 rings (SSSR count). The van der Waals surface area contributed by atoms with Crippen LogP contribution in [0, 0.1) is 11.8 Å². The lowest BCUT2D eigenvalue weighted by molar-refractivity contribution is -0.122. The van der Waals surface area contributed by atoms with E-state index >= 15 is 0 Å². The van der Waals surface area contributed by atoms with Crippen molar-refractivity contribution in [2.24, 2.45) is 11.8 Å². The minimum Gasteiger partial charge on any atom is -0.598 e. The summed E-state index contributed by atoms with van der Waals surface area (Å²) in [5.74, 6) is 1.34. The van der Waals surface area contributed by atoms with Crippen molar-refractivity contribution in [3.05, 3.63) is 23.3 Å². The highest BCUT2D eigenvalue weighted by Gasteiger charge is 2.35. The lowest BCUT2D eigenvalue weighted by Crippen LogP contribution is -2.45. The zero-order valence-electron chi connectivity index (χ0n) is 17.3. The van der Waals surface area contributed by atoms with Crippen molar-refractivity contribution in [3.8, 4) is 0 Å². The fourth-order valence-corrected chi connectivity index (χ4v) is 4.64. The molecule has 0 aromatic heterocycles. The second kappa shape index (κ2) is 8.49. The van der Waals surface area contributed by atoms with E-state index in [-0.39, 0.29) is 16.2 Å². The molecule has 2 aliphatic carbocycles. The summed E-state index contributed by atoms with van der Waals surface area (Å²) in [4.78, 5) is 12.4. The number of nitrogens with one attached hydrogen (secondary N) is 2. The van der Waals surface area contributed by atoms with Gasteiger partial charge in [0.15, 0.2) is 0 Å². The molecule has 0 saturated heterocycles. The zero-order chi connectivity index (χ0) is 19.5. The van der Waals surface area contributed by atoms with E-state index in [4.69, 9.17) is 0 Å². The Morgan fingerprint density at radius 2 is 1.92 bits per heavy atom. The molecule has 3 unspecified atom stereocenters. The lowest BCUT2D eigenvalue weighted by Gasteiger charge is -2.32. The molecule has 2 aliphatic rings. The van der Waals surface area contributed by atoms with Crippen LogP contribution in [0.1, 0.15) is 73.6 Å². The fourth-order valence-electron chi connectivity index (χ4n) is 3.88. The lowest BCUT2D eigenvalue weighted by atomic mass is 9.83. The van der Waals surface area contributed by atoms with Gasteiger partial charge in [0.25, 0.3) is 0 Å². The molecule has 26 heavy (non-hydrogen) atoms. The highest BCUT2D eigenvalue weighted by Crippen LogP contribution is 2.44. The SMILES string of the molecule is CC1CC(C)C2=C[C@@](C)(NC(=O)CCCCN[S+]([O-])C(C)(C)C)CC=C21. The predicted molar refractivity (Wildman–Crippen MR) is 110 cm³/mol. The van der Waals surface area contributed by atoms with Crippen LogP contribution in [0.5, 0.6) is 0 Å². The summed E-state index contributed by atoms with van der Waals surface area (Å²) >= 11 is -1.04. The van der Waals surface area contributed by atoms with Gasteiger partial charge in [0, 0.05) is 24.3 Å². The van der Waals surface area contributed by atoms with E-state index in [1.54, 1.807) is 0 Å². The molecule has 0 spiro atoms. The smallest absolute Gasteiger partial charge is 0.220 e. The second-order valence-electron chi connectivity index (χ2n) is 9.20. The third kappa shape index (κ3) is 5.61. The van der Waals surface area contributed by atoms with E-state index < -0.39 is 11.4 Å². The third-order valence-electron chi connectivity index (χ3n) is 5.37. The highest BCUT2D eigenvalue weighted by molar-refractivity contribution is 7.90. The van der Waals surface area contributed by atoms with Crippen LogP contribution < -0.4 is 10.0 Å². The normalized spacial score (nSPS) is 29.7. The van der Waals surface area contributed by atoms with Crippen molar-refractivity contribution >= 4 is 17.3 Å². The van der Waals surface area contributed by atoms with Gasteiger partial charge in [-0.25, -0.2) is 0 Å². The molecule has 4 nitrogen and oxygen atoms in total. The van der Waals surface area contributed by atoms with Crippen molar-refractivity contribution < 1.29 is 9.35 Å². The maximum absolute atomic E-state index is 12.4. The Balaban J connectivity index is 1.74. The van der Waals surface area contributed by atoms with Crippen LogP contribution >= 0.6 is 0 Å². The van der Waals surface area contributed by atoms with Gasteiger partial charge in [-0.15, -0.1) is 4.72 Å². The number of amides is 1. The zero-order valence-corrected chi connectivity index (χ0v) is 18.1. The van der Waals surface area contributed by atoms with Crippen molar-refractivity contribution in [1.82, 2.24) is 10.0 Å². The molecule has 0 radical (unpaired) electrons. The topological polar surface area (TPSA) is 64.2 Å². The summed E-state index contributed by atoms with van der Waals surface area (Å²) in [5, 5.41) is 3.23. The number of hydrogen-bond donors (Lipinski definition) is 2. The first-order valence-corrected chi connectivity index (χ1v) is 11.1. The number of allylic oxidation sites excluding steroid dienone is 2. The van der Waals surface area contributed by atoms with Crippen LogP contribution in [0.15, 0.2) is 23.3 Å². The van der Waals surface area contributed by atoms with Crippen molar-refractivity contribution in [3.63, 3.8) is 0 Å². The predicted octanol–water partition coefficient (Wildman–Crippen LogP) is 4.02. The third-order valence-corrected chi connectivity index (χ3v) is 6.95. The van der Waals surface area contributed by atoms with Gasteiger partial charge in [-0.05, 0) is 76.4 Å². The fraction of sp³-hybridized carbons (Fsp3) is 0.762. The van der Waals surface area contributed by atoms with Gasteiger partial charge in [-0.3, -0.25) is 4.79 Å². The molecule has 1 fully saturated rings. The molecule has 1 saturated carbocycles. The summed E-state index contributed by atoms with van der Waals surface area (Å²) in [5.41, 5.74) is 2.66. The molecule has 0 aromatic rings. The Kier molecular flexibility index (Phi) is 7.03. The van der Waals surface area contributed by atoms with Crippen molar-refractivity contribution in [2.75, 3.05) is 6.54 Å². The Morgan fingerprint density at radius 3 is 2.58 bits per heavy atom. The largest absolute Gasteiger partial charge is 0.598 e. The van der Waals surface area contributed by atoms with Gasteiger partial charge in [0.2, 0.25) is 5.91 Å². The van der Waals surface area contributed by atoms with E-state index in [9.17, 15) is 9.35 Å². The molecule has 0 aliphatic heterocycles. The average Bonchev–Trinajstić information content (AvgIpc) is 2.79. The monoisotopic (exact) mass is 380 g/mol. The molecular weight excluding hydrogens is 344 g/mol. The molecule has 0 heterocycles. The summed E-state index contributed by atoms with van der Waals surface area (Å²) < 4.78 is 14.7. The maximum Gasteiger partial charge on any atom is 0.220 e. The molecule has 5 heteroatoms. The molecule has 0 aromatic carbocycles. The van der Waals surface area contributed by atoms with Crippen LogP contribution in [-0.4, -0.2) is 27.3 Å². The van der Waals surface area contributed by atoms with Gasteiger partial charge < -0.3 is 9.87 Å². The number of rotatable bonds is 7.